The smallest absolute Gasteiger partial charge is 0.250 e. The Morgan fingerprint density at radius 2 is 2.07 bits per heavy atom. The normalized spacial score (nSPS) is 10.5. The van der Waals surface area contributed by atoms with E-state index >= 15 is 0 Å². The fourth-order valence-corrected chi connectivity index (χ4v) is 2.57. The number of carbonyl (C=O) groups is 2. The van der Waals surface area contributed by atoms with Crippen LogP contribution >= 0.6 is 0 Å². The number of nitrogens with one attached hydrogen (secondary N) is 2. The van der Waals surface area contributed by atoms with E-state index in [0.29, 0.717) is 30.4 Å². The molecule has 0 aliphatic heterocycles. The maximum atomic E-state index is 12.1. The molecule has 2 N–H and O–H groups in total. The van der Waals surface area contributed by atoms with Gasteiger partial charge in [0.1, 0.15) is 6.61 Å². The number of amides is 2. The molecule has 2 amide bonds. The van der Waals surface area contributed by atoms with Crippen LogP contribution < -0.4 is 10.6 Å². The number of hydrogen-bond acceptors (Lipinski definition) is 7. The Hall–Kier alpha value is -3.59. The summed E-state index contributed by atoms with van der Waals surface area (Å²) in [6.45, 7) is 0.330. The summed E-state index contributed by atoms with van der Waals surface area (Å²) in [4.78, 5) is 32.0. The summed E-state index contributed by atoms with van der Waals surface area (Å²) in [7, 11) is 1.46. The molecule has 0 spiro atoms. The van der Waals surface area contributed by atoms with Gasteiger partial charge in [-0.2, -0.15) is 4.98 Å². The zero-order valence-electron chi connectivity index (χ0n) is 15.9. The first kappa shape index (κ1) is 20.2. The Morgan fingerprint density at radius 1 is 1.17 bits per heavy atom. The van der Waals surface area contributed by atoms with E-state index in [1.165, 1.54) is 7.11 Å². The lowest BCUT2D eigenvalue weighted by atomic mass is 10.2. The summed E-state index contributed by atoms with van der Waals surface area (Å²) in [5.74, 6) is 0.460. The van der Waals surface area contributed by atoms with Gasteiger partial charge in [0.15, 0.2) is 0 Å². The molecule has 2 aromatic heterocycles. The van der Waals surface area contributed by atoms with Crippen molar-refractivity contribution >= 4 is 17.5 Å². The zero-order valence-corrected chi connectivity index (χ0v) is 15.9. The highest BCUT2D eigenvalue weighted by Crippen LogP contribution is 2.14. The SMILES string of the molecule is COCC(=O)Nc1cccc(CNC(=O)CCc2nc(-c3cccnc3)no2)c1. The van der Waals surface area contributed by atoms with E-state index in [-0.39, 0.29) is 24.8 Å². The lowest BCUT2D eigenvalue weighted by molar-refractivity contribution is -0.121. The van der Waals surface area contributed by atoms with Crippen molar-refractivity contribution in [3.8, 4) is 11.4 Å². The van der Waals surface area contributed by atoms with Crippen LogP contribution in [0.4, 0.5) is 5.69 Å². The second-order valence-electron chi connectivity index (χ2n) is 6.21. The largest absolute Gasteiger partial charge is 0.375 e. The van der Waals surface area contributed by atoms with Crippen molar-refractivity contribution in [3.63, 3.8) is 0 Å². The Balaban J connectivity index is 1.46. The minimum Gasteiger partial charge on any atom is -0.375 e. The lowest BCUT2D eigenvalue weighted by Gasteiger charge is -2.08. The third kappa shape index (κ3) is 6.22. The van der Waals surface area contributed by atoms with E-state index in [1.54, 1.807) is 30.6 Å². The van der Waals surface area contributed by atoms with Crippen LogP contribution in [-0.2, 0) is 27.3 Å². The molecule has 0 fully saturated rings. The monoisotopic (exact) mass is 395 g/mol. The first-order chi connectivity index (χ1) is 14.1. The number of rotatable bonds is 9. The molecule has 0 saturated heterocycles. The lowest BCUT2D eigenvalue weighted by Crippen LogP contribution is -2.23. The predicted molar refractivity (Wildman–Crippen MR) is 105 cm³/mol. The topological polar surface area (TPSA) is 119 Å². The summed E-state index contributed by atoms with van der Waals surface area (Å²) in [6, 6.07) is 10.9. The van der Waals surface area contributed by atoms with Crippen molar-refractivity contribution in [1.82, 2.24) is 20.4 Å². The molecule has 3 aromatic rings. The number of methoxy groups -OCH3 is 1. The van der Waals surface area contributed by atoms with Gasteiger partial charge in [-0.25, -0.2) is 0 Å². The standard InChI is InChI=1S/C20H21N5O4/c1-28-13-18(27)23-16-6-2-4-14(10-16)11-22-17(26)7-8-19-24-20(25-29-19)15-5-3-9-21-12-15/h2-6,9-10,12H,7-8,11,13H2,1H3,(H,22,26)(H,23,27). The van der Waals surface area contributed by atoms with Gasteiger partial charge in [-0.05, 0) is 29.8 Å². The zero-order chi connectivity index (χ0) is 20.5. The van der Waals surface area contributed by atoms with Crippen LogP contribution in [-0.4, -0.2) is 40.7 Å². The van der Waals surface area contributed by atoms with Gasteiger partial charge in [0.05, 0.1) is 0 Å². The number of pyridine rings is 1. The van der Waals surface area contributed by atoms with Crippen LogP contribution in [0.15, 0.2) is 53.3 Å². The third-order valence-corrected chi connectivity index (χ3v) is 3.93. The molecule has 29 heavy (non-hydrogen) atoms. The molecular weight excluding hydrogens is 374 g/mol. The summed E-state index contributed by atoms with van der Waals surface area (Å²) < 4.78 is 9.97. The molecule has 0 atom stereocenters. The van der Waals surface area contributed by atoms with Crippen LogP contribution in [0.1, 0.15) is 17.9 Å². The first-order valence-corrected chi connectivity index (χ1v) is 9.01. The number of hydrogen-bond donors (Lipinski definition) is 2. The van der Waals surface area contributed by atoms with Crippen LogP contribution in [0.5, 0.6) is 0 Å². The molecule has 0 saturated carbocycles. The quantitative estimate of drug-likeness (QED) is 0.568. The van der Waals surface area contributed by atoms with Gasteiger partial charge in [0.25, 0.3) is 0 Å². The highest BCUT2D eigenvalue weighted by molar-refractivity contribution is 5.91. The van der Waals surface area contributed by atoms with Crippen LogP contribution in [0, 0.1) is 0 Å². The molecule has 0 aliphatic carbocycles. The molecule has 9 nitrogen and oxygen atoms in total. The summed E-state index contributed by atoms with van der Waals surface area (Å²) >= 11 is 0. The van der Waals surface area contributed by atoms with Crippen molar-refractivity contribution in [2.75, 3.05) is 19.0 Å². The van der Waals surface area contributed by atoms with Gasteiger partial charge in [0, 0.05) is 50.1 Å². The van der Waals surface area contributed by atoms with Crippen LogP contribution in [0.3, 0.4) is 0 Å². The van der Waals surface area contributed by atoms with E-state index in [9.17, 15) is 9.59 Å². The fraction of sp³-hybridized carbons (Fsp3) is 0.250. The number of aryl methyl sites for hydroxylation is 1. The highest BCUT2D eigenvalue weighted by Gasteiger charge is 2.11. The Bertz CT molecular complexity index is 958. The second-order valence-corrected chi connectivity index (χ2v) is 6.21. The van der Waals surface area contributed by atoms with Crippen molar-refractivity contribution in [1.29, 1.82) is 0 Å². The molecule has 0 bridgehead atoms. The third-order valence-electron chi connectivity index (χ3n) is 3.93. The minimum atomic E-state index is -0.237. The van der Waals surface area contributed by atoms with E-state index in [0.717, 1.165) is 11.1 Å². The maximum Gasteiger partial charge on any atom is 0.250 e. The average molecular weight is 395 g/mol. The molecule has 3 rings (SSSR count). The van der Waals surface area contributed by atoms with Crippen LogP contribution in [0.25, 0.3) is 11.4 Å². The Labute approximate surface area is 167 Å². The predicted octanol–water partition coefficient (Wildman–Crippen LogP) is 1.97. The molecule has 1 aromatic carbocycles. The molecular formula is C20H21N5O4. The number of ether oxygens (including phenoxy) is 1. The average Bonchev–Trinajstić information content (AvgIpc) is 3.21. The number of carbonyl (C=O) groups excluding carboxylic acids is 2. The number of aromatic nitrogens is 3. The highest BCUT2D eigenvalue weighted by atomic mass is 16.5. The van der Waals surface area contributed by atoms with Gasteiger partial charge in [-0.15, -0.1) is 0 Å². The minimum absolute atomic E-state index is 0.0147. The summed E-state index contributed by atoms with van der Waals surface area (Å²) in [5.41, 5.74) is 2.27. The molecule has 0 radical (unpaired) electrons. The molecule has 0 unspecified atom stereocenters. The molecule has 150 valence electrons. The van der Waals surface area contributed by atoms with Crippen molar-refractivity contribution in [3.05, 3.63) is 60.2 Å². The van der Waals surface area contributed by atoms with Gasteiger partial charge in [-0.3, -0.25) is 14.6 Å². The number of nitrogens with zero attached hydrogens (tertiary/aromatic N) is 3. The van der Waals surface area contributed by atoms with Crippen molar-refractivity contribution in [2.45, 2.75) is 19.4 Å². The van der Waals surface area contributed by atoms with Gasteiger partial charge < -0.3 is 19.9 Å². The fourth-order valence-electron chi connectivity index (χ4n) is 2.57. The summed E-state index contributed by atoms with van der Waals surface area (Å²) in [5, 5.41) is 9.47. The van der Waals surface area contributed by atoms with Crippen molar-refractivity contribution in [2.24, 2.45) is 0 Å². The molecule has 0 aliphatic rings. The van der Waals surface area contributed by atoms with E-state index in [2.05, 4.69) is 25.8 Å². The summed E-state index contributed by atoms with van der Waals surface area (Å²) in [6.07, 6.45) is 3.87. The van der Waals surface area contributed by atoms with E-state index < -0.39 is 0 Å². The van der Waals surface area contributed by atoms with Gasteiger partial charge in [-0.1, -0.05) is 17.3 Å². The van der Waals surface area contributed by atoms with E-state index in [4.69, 9.17) is 9.26 Å². The number of benzene rings is 1. The number of anilines is 1. The first-order valence-electron chi connectivity index (χ1n) is 9.01. The second kappa shape index (κ2) is 10.1. The van der Waals surface area contributed by atoms with Gasteiger partial charge >= 0.3 is 0 Å². The van der Waals surface area contributed by atoms with Gasteiger partial charge in [0.2, 0.25) is 23.5 Å². The maximum absolute atomic E-state index is 12.1. The molecule has 9 heteroatoms. The Kier molecular flexibility index (Phi) is 7.01. The molecule has 2 heterocycles. The van der Waals surface area contributed by atoms with E-state index in [1.807, 2.05) is 18.2 Å². The van der Waals surface area contributed by atoms with Crippen LogP contribution in [0.2, 0.25) is 0 Å². The van der Waals surface area contributed by atoms with Crippen molar-refractivity contribution < 1.29 is 18.8 Å². The Morgan fingerprint density at radius 3 is 2.86 bits per heavy atom.